The third-order valence-electron chi connectivity index (χ3n) is 3.20. The summed E-state index contributed by atoms with van der Waals surface area (Å²) in [6.45, 7) is 2.17. The van der Waals surface area contributed by atoms with Crippen molar-refractivity contribution in [3.05, 3.63) is 71.8 Å². The molecule has 0 aromatic heterocycles. The molecule has 0 spiro atoms. The lowest BCUT2D eigenvalue weighted by molar-refractivity contribution is 0.457. The minimum Gasteiger partial charge on any atom is -0.361 e. The highest BCUT2D eigenvalue weighted by Gasteiger charge is 2.35. The van der Waals surface area contributed by atoms with E-state index in [1.807, 2.05) is 12.1 Å². The normalized spacial score (nSPS) is 13.3. The van der Waals surface area contributed by atoms with Gasteiger partial charge < -0.3 is 4.52 Å². The van der Waals surface area contributed by atoms with Gasteiger partial charge in [0.15, 0.2) is 0 Å². The molecule has 0 fully saturated rings. The molecule has 94 valence electrons. The predicted octanol–water partition coefficient (Wildman–Crippen LogP) is 4.44. The van der Waals surface area contributed by atoms with Crippen molar-refractivity contribution in [3.8, 4) is 0 Å². The summed E-state index contributed by atoms with van der Waals surface area (Å²) in [5.74, 6) is 0. The van der Waals surface area contributed by atoms with Gasteiger partial charge in [-0.15, -0.1) is 9.24 Å². The molecule has 2 aromatic carbocycles. The molecule has 0 aliphatic rings. The van der Waals surface area contributed by atoms with Crippen LogP contribution in [-0.2, 0) is 9.42 Å². The average molecular weight is 276 g/mol. The van der Waals surface area contributed by atoms with Crippen LogP contribution in [0.2, 0.25) is 0 Å². The van der Waals surface area contributed by atoms with Gasteiger partial charge in [0.2, 0.25) is 0 Å². The van der Waals surface area contributed by atoms with Crippen molar-refractivity contribution < 1.29 is 4.52 Å². The van der Waals surface area contributed by atoms with Gasteiger partial charge in [0.25, 0.3) is 0 Å². The Hall–Kier alpha value is -0.740. The van der Waals surface area contributed by atoms with E-state index in [1.54, 1.807) is 7.11 Å². The molecule has 2 atom stereocenters. The topological polar surface area (TPSA) is 9.23 Å². The van der Waals surface area contributed by atoms with E-state index in [4.69, 9.17) is 4.52 Å². The van der Waals surface area contributed by atoms with Crippen LogP contribution in [0, 0.1) is 0 Å². The zero-order valence-electron chi connectivity index (χ0n) is 10.7. The third-order valence-corrected chi connectivity index (χ3v) is 7.01. The lowest BCUT2D eigenvalue weighted by Crippen LogP contribution is -2.18. The first-order valence-corrected chi connectivity index (χ1v) is 8.16. The first-order valence-electron chi connectivity index (χ1n) is 5.87. The summed E-state index contributed by atoms with van der Waals surface area (Å²) in [6.07, 6.45) is 0. The minimum absolute atomic E-state index is 0.146. The molecular weight excluding hydrogens is 258 g/mol. The predicted molar refractivity (Wildman–Crippen MR) is 83.2 cm³/mol. The number of hydrogen-bond donors (Lipinski definition) is 0. The van der Waals surface area contributed by atoms with Crippen LogP contribution in [0.4, 0.5) is 0 Å². The van der Waals surface area contributed by atoms with Crippen molar-refractivity contribution in [1.29, 1.82) is 0 Å². The van der Waals surface area contributed by atoms with Gasteiger partial charge in [0.1, 0.15) is 0 Å². The van der Waals surface area contributed by atoms with Gasteiger partial charge in [-0.3, -0.25) is 0 Å². The Bertz CT molecular complexity index is 445. The first-order chi connectivity index (χ1) is 8.69. The van der Waals surface area contributed by atoms with Gasteiger partial charge in [-0.25, -0.2) is 0 Å². The van der Waals surface area contributed by atoms with Crippen LogP contribution < -0.4 is 0 Å². The summed E-state index contributed by atoms with van der Waals surface area (Å²) in [6, 6.07) is 21.1. The smallest absolute Gasteiger partial charge is 0.0780 e. The van der Waals surface area contributed by atoms with Crippen LogP contribution in [0.3, 0.4) is 0 Å². The molecule has 0 heterocycles. The molecule has 1 nitrogen and oxygen atoms in total. The van der Waals surface area contributed by atoms with Gasteiger partial charge in [-0.2, -0.15) is 0 Å². The number of rotatable bonds is 4. The fourth-order valence-corrected chi connectivity index (χ4v) is 4.07. The van der Waals surface area contributed by atoms with E-state index in [1.165, 1.54) is 11.1 Å². The van der Waals surface area contributed by atoms with Crippen molar-refractivity contribution in [1.82, 2.24) is 0 Å². The molecule has 0 aliphatic carbocycles. The lowest BCUT2D eigenvalue weighted by Gasteiger charge is -2.35. The monoisotopic (exact) mass is 276 g/mol. The molecule has 0 amide bonds. The lowest BCUT2D eigenvalue weighted by atomic mass is 10.0. The largest absolute Gasteiger partial charge is 0.361 e. The second kappa shape index (κ2) is 5.93. The van der Waals surface area contributed by atoms with Gasteiger partial charge in [0.05, 0.1) is 4.90 Å². The highest BCUT2D eigenvalue weighted by molar-refractivity contribution is 7.61. The maximum absolute atomic E-state index is 5.67. The van der Waals surface area contributed by atoms with Crippen molar-refractivity contribution in [3.63, 3.8) is 0 Å². The Morgan fingerprint density at radius 2 is 1.28 bits per heavy atom. The maximum Gasteiger partial charge on any atom is 0.0780 e. The van der Waals surface area contributed by atoms with Crippen LogP contribution in [0.15, 0.2) is 60.7 Å². The molecular formula is C15H18OP2. The Morgan fingerprint density at radius 1 is 0.889 bits per heavy atom. The highest BCUT2D eigenvalue weighted by Crippen LogP contribution is 2.61. The van der Waals surface area contributed by atoms with Crippen LogP contribution in [-0.4, -0.2) is 13.8 Å². The number of benzene rings is 2. The summed E-state index contributed by atoms with van der Waals surface area (Å²) in [5, 5.41) is 0. The first kappa shape index (κ1) is 13.7. The van der Waals surface area contributed by atoms with Crippen LogP contribution in [0.25, 0.3) is 0 Å². The standard InChI is InChI=1S/C15H18OP2/c1-16-18(2)15(17,13-9-5-3-6-10-13)14-11-7-4-8-12-14/h3-12H,17H2,1-2H3. The molecule has 0 saturated carbocycles. The zero-order valence-corrected chi connectivity index (χ0v) is 12.8. The average Bonchev–Trinajstić information content (AvgIpc) is 2.47. The summed E-state index contributed by atoms with van der Waals surface area (Å²) >= 11 is 0. The summed E-state index contributed by atoms with van der Waals surface area (Å²) in [7, 11) is 4.18. The summed E-state index contributed by atoms with van der Waals surface area (Å²) < 4.78 is 5.67. The van der Waals surface area contributed by atoms with Crippen LogP contribution >= 0.6 is 17.4 Å². The van der Waals surface area contributed by atoms with E-state index in [0.29, 0.717) is 0 Å². The van der Waals surface area contributed by atoms with Gasteiger partial charge in [-0.05, 0) is 17.8 Å². The Balaban J connectivity index is 2.55. The van der Waals surface area contributed by atoms with E-state index < -0.39 is 8.15 Å². The molecule has 0 aliphatic heterocycles. The van der Waals surface area contributed by atoms with Gasteiger partial charge >= 0.3 is 0 Å². The Labute approximate surface area is 113 Å². The fourth-order valence-electron chi connectivity index (χ4n) is 2.06. The van der Waals surface area contributed by atoms with Crippen molar-refractivity contribution in [2.45, 2.75) is 4.90 Å². The molecule has 0 radical (unpaired) electrons. The second-order valence-corrected chi connectivity index (χ2v) is 7.60. The van der Waals surface area contributed by atoms with Crippen molar-refractivity contribution in [2.24, 2.45) is 0 Å². The van der Waals surface area contributed by atoms with Crippen LogP contribution in [0.1, 0.15) is 11.1 Å². The molecule has 2 unspecified atom stereocenters. The molecule has 18 heavy (non-hydrogen) atoms. The van der Waals surface area contributed by atoms with E-state index in [2.05, 4.69) is 64.4 Å². The van der Waals surface area contributed by atoms with Crippen LogP contribution in [0.5, 0.6) is 0 Å². The maximum atomic E-state index is 5.67. The summed E-state index contributed by atoms with van der Waals surface area (Å²) in [4.78, 5) is -0.146. The Morgan fingerprint density at radius 3 is 1.61 bits per heavy atom. The highest BCUT2D eigenvalue weighted by atomic mass is 31.2. The second-order valence-electron chi connectivity index (χ2n) is 4.18. The molecule has 2 rings (SSSR count). The quantitative estimate of drug-likeness (QED) is 0.750. The van der Waals surface area contributed by atoms with Gasteiger partial charge in [-0.1, -0.05) is 60.7 Å². The van der Waals surface area contributed by atoms with E-state index >= 15 is 0 Å². The van der Waals surface area contributed by atoms with Gasteiger partial charge in [0, 0.05) is 15.3 Å². The SMILES string of the molecule is COP(C)C(P)(c1ccccc1)c1ccccc1. The van der Waals surface area contributed by atoms with E-state index in [9.17, 15) is 0 Å². The molecule has 0 saturated heterocycles. The van der Waals surface area contributed by atoms with E-state index in [0.717, 1.165) is 0 Å². The van der Waals surface area contributed by atoms with Crippen molar-refractivity contribution in [2.75, 3.05) is 13.8 Å². The van der Waals surface area contributed by atoms with Crippen molar-refractivity contribution >= 4 is 17.4 Å². The molecule has 0 bridgehead atoms. The Kier molecular flexibility index (Phi) is 4.51. The molecule has 3 heteroatoms. The minimum atomic E-state index is -0.613. The molecule has 2 aromatic rings. The fraction of sp³-hybridized carbons (Fsp3) is 0.200. The molecule has 0 N–H and O–H groups in total. The van der Waals surface area contributed by atoms with E-state index in [-0.39, 0.29) is 4.90 Å². The third kappa shape index (κ3) is 2.50. The summed E-state index contributed by atoms with van der Waals surface area (Å²) in [5.41, 5.74) is 2.55. The number of hydrogen-bond acceptors (Lipinski definition) is 1. The zero-order chi connectivity index (χ0) is 13.0.